The van der Waals surface area contributed by atoms with Gasteiger partial charge >= 0.3 is 0 Å². The summed E-state index contributed by atoms with van der Waals surface area (Å²) in [7, 11) is 0. The Morgan fingerprint density at radius 2 is 1.50 bits per heavy atom. The van der Waals surface area contributed by atoms with Gasteiger partial charge < -0.3 is 19.6 Å². The highest BCUT2D eigenvalue weighted by atomic mass is 16.5. The maximum absolute atomic E-state index is 13.2. The second-order valence-corrected chi connectivity index (χ2v) is 8.15. The van der Waals surface area contributed by atoms with E-state index in [0.717, 1.165) is 28.0 Å². The fraction of sp³-hybridized carbons (Fsp3) is 0.231. The fourth-order valence-corrected chi connectivity index (χ4v) is 4.50. The van der Waals surface area contributed by atoms with Gasteiger partial charge in [-0.2, -0.15) is 0 Å². The second kappa shape index (κ2) is 8.04. The summed E-state index contributed by atoms with van der Waals surface area (Å²) in [5, 5.41) is 10.4. The summed E-state index contributed by atoms with van der Waals surface area (Å²) >= 11 is 0. The van der Waals surface area contributed by atoms with Crippen LogP contribution in [0.2, 0.25) is 0 Å². The van der Waals surface area contributed by atoms with Gasteiger partial charge in [0.05, 0.1) is 18.7 Å². The topological polar surface area (TPSA) is 70.1 Å². The lowest BCUT2D eigenvalue weighted by atomic mass is 10.1. The number of fused-ring (bicyclic) bond motifs is 2. The van der Waals surface area contributed by atoms with Crippen LogP contribution in [-0.2, 0) is 26.2 Å². The number of amides is 2. The average Bonchev–Trinajstić information content (AvgIpc) is 3.44. The van der Waals surface area contributed by atoms with Gasteiger partial charge in [0.15, 0.2) is 0 Å². The molecule has 0 saturated carbocycles. The molecule has 2 heterocycles. The highest BCUT2D eigenvalue weighted by molar-refractivity contribution is 6.01. The van der Waals surface area contributed by atoms with E-state index < -0.39 is 0 Å². The van der Waals surface area contributed by atoms with Crippen molar-refractivity contribution >= 4 is 11.8 Å². The molecule has 0 aromatic heterocycles. The van der Waals surface area contributed by atoms with Gasteiger partial charge in [-0.1, -0.05) is 36.4 Å². The standard InChI is InChI=1S/C26H24N2O4/c1-2-32-24-9-5-8-20-15-28(16-22(20)24)25(30)17-10-11-23(29)21(12-17)26(31)27-13-18-6-3-4-7-19(18)14-27/h3-12,29H,2,13-16H2,1H3. The van der Waals surface area contributed by atoms with Crippen LogP contribution in [0.1, 0.15) is 49.9 Å². The number of hydrogen-bond acceptors (Lipinski definition) is 4. The Balaban J connectivity index is 1.37. The van der Waals surface area contributed by atoms with E-state index in [0.29, 0.717) is 38.3 Å². The third-order valence-corrected chi connectivity index (χ3v) is 6.13. The maximum atomic E-state index is 13.2. The Morgan fingerprint density at radius 1 is 0.844 bits per heavy atom. The van der Waals surface area contributed by atoms with Crippen LogP contribution in [0.3, 0.4) is 0 Å². The molecule has 6 heteroatoms. The van der Waals surface area contributed by atoms with E-state index in [4.69, 9.17) is 4.74 Å². The van der Waals surface area contributed by atoms with Crippen molar-refractivity contribution in [2.75, 3.05) is 6.61 Å². The van der Waals surface area contributed by atoms with Gasteiger partial charge in [-0.25, -0.2) is 0 Å². The number of aromatic hydroxyl groups is 1. The highest BCUT2D eigenvalue weighted by Crippen LogP contribution is 2.33. The minimum Gasteiger partial charge on any atom is -0.507 e. The van der Waals surface area contributed by atoms with E-state index >= 15 is 0 Å². The molecule has 2 aliphatic rings. The highest BCUT2D eigenvalue weighted by Gasteiger charge is 2.29. The lowest BCUT2D eigenvalue weighted by Crippen LogP contribution is -2.27. The first-order valence-corrected chi connectivity index (χ1v) is 10.8. The smallest absolute Gasteiger partial charge is 0.258 e. The van der Waals surface area contributed by atoms with Crippen LogP contribution in [-0.4, -0.2) is 33.3 Å². The van der Waals surface area contributed by atoms with Crippen LogP contribution < -0.4 is 4.74 Å². The van der Waals surface area contributed by atoms with E-state index in [9.17, 15) is 14.7 Å². The summed E-state index contributed by atoms with van der Waals surface area (Å²) in [4.78, 5) is 29.8. The number of benzene rings is 3. The molecule has 6 nitrogen and oxygen atoms in total. The Labute approximate surface area is 186 Å². The van der Waals surface area contributed by atoms with Crippen LogP contribution in [0.5, 0.6) is 11.5 Å². The number of hydrogen-bond donors (Lipinski definition) is 1. The lowest BCUT2D eigenvalue weighted by Gasteiger charge is -2.19. The van der Waals surface area contributed by atoms with Gasteiger partial charge in [0.1, 0.15) is 11.5 Å². The summed E-state index contributed by atoms with van der Waals surface area (Å²) in [5.74, 6) is 0.223. The van der Waals surface area contributed by atoms with Crippen molar-refractivity contribution in [3.8, 4) is 11.5 Å². The van der Waals surface area contributed by atoms with Gasteiger partial charge in [0, 0.05) is 30.8 Å². The van der Waals surface area contributed by atoms with Gasteiger partial charge in [-0.05, 0) is 47.9 Å². The first-order chi connectivity index (χ1) is 15.5. The number of phenolic OH excluding ortho intramolecular Hbond substituents is 1. The third kappa shape index (κ3) is 3.47. The predicted octanol–water partition coefficient (Wildman–Crippen LogP) is 4.10. The summed E-state index contributed by atoms with van der Waals surface area (Å²) in [6, 6.07) is 18.3. The molecule has 3 aromatic rings. The normalized spacial score (nSPS) is 14.3. The zero-order chi connectivity index (χ0) is 22.2. The van der Waals surface area contributed by atoms with Gasteiger partial charge in [-0.15, -0.1) is 0 Å². The molecule has 0 fully saturated rings. The molecule has 0 spiro atoms. The maximum Gasteiger partial charge on any atom is 0.258 e. The molecule has 0 unspecified atom stereocenters. The summed E-state index contributed by atoms with van der Waals surface area (Å²) in [5.41, 5.74) is 4.82. The molecular formula is C26H24N2O4. The van der Waals surface area contributed by atoms with E-state index in [2.05, 4.69) is 0 Å². The molecular weight excluding hydrogens is 404 g/mol. The number of phenols is 1. The van der Waals surface area contributed by atoms with E-state index in [-0.39, 0.29) is 23.1 Å². The van der Waals surface area contributed by atoms with Gasteiger partial charge in [0.2, 0.25) is 0 Å². The largest absolute Gasteiger partial charge is 0.507 e. The number of carbonyl (C=O) groups excluding carboxylic acids is 2. The summed E-state index contributed by atoms with van der Waals surface area (Å²) in [6.07, 6.45) is 0. The molecule has 2 amide bonds. The minimum absolute atomic E-state index is 0.120. The Hall–Kier alpha value is -3.80. The Kier molecular flexibility index (Phi) is 5.05. The molecule has 0 radical (unpaired) electrons. The summed E-state index contributed by atoms with van der Waals surface area (Å²) < 4.78 is 5.71. The van der Waals surface area contributed by atoms with Gasteiger partial charge in [-0.3, -0.25) is 9.59 Å². The Bertz CT molecular complexity index is 1200. The fourth-order valence-electron chi connectivity index (χ4n) is 4.50. The molecule has 2 aliphatic heterocycles. The molecule has 1 N–H and O–H groups in total. The molecule has 5 rings (SSSR count). The molecule has 0 bridgehead atoms. The number of rotatable bonds is 4. The van der Waals surface area contributed by atoms with Crippen LogP contribution in [0, 0.1) is 0 Å². The van der Waals surface area contributed by atoms with Crippen molar-refractivity contribution in [1.29, 1.82) is 0 Å². The summed E-state index contributed by atoms with van der Waals surface area (Å²) in [6.45, 7) is 4.43. The van der Waals surface area contributed by atoms with Crippen molar-refractivity contribution in [3.63, 3.8) is 0 Å². The molecule has 0 aliphatic carbocycles. The zero-order valence-electron chi connectivity index (χ0n) is 17.9. The molecule has 32 heavy (non-hydrogen) atoms. The first kappa shape index (κ1) is 20.1. The lowest BCUT2D eigenvalue weighted by molar-refractivity contribution is 0.0747. The van der Waals surface area contributed by atoms with E-state index in [1.165, 1.54) is 12.1 Å². The average molecular weight is 428 g/mol. The van der Waals surface area contributed by atoms with Crippen molar-refractivity contribution in [3.05, 3.63) is 94.0 Å². The Morgan fingerprint density at radius 3 is 2.22 bits per heavy atom. The first-order valence-electron chi connectivity index (χ1n) is 10.8. The zero-order valence-corrected chi connectivity index (χ0v) is 17.9. The van der Waals surface area contributed by atoms with Crippen molar-refractivity contribution in [2.24, 2.45) is 0 Å². The van der Waals surface area contributed by atoms with E-state index in [1.54, 1.807) is 15.9 Å². The monoisotopic (exact) mass is 428 g/mol. The predicted molar refractivity (Wildman–Crippen MR) is 119 cm³/mol. The van der Waals surface area contributed by atoms with Crippen LogP contribution >= 0.6 is 0 Å². The van der Waals surface area contributed by atoms with Crippen molar-refractivity contribution < 1.29 is 19.4 Å². The quantitative estimate of drug-likeness (QED) is 0.679. The molecule has 0 atom stereocenters. The minimum atomic E-state index is -0.281. The van der Waals surface area contributed by atoms with Gasteiger partial charge in [0.25, 0.3) is 11.8 Å². The van der Waals surface area contributed by atoms with Crippen LogP contribution in [0.4, 0.5) is 0 Å². The van der Waals surface area contributed by atoms with Crippen LogP contribution in [0.25, 0.3) is 0 Å². The van der Waals surface area contributed by atoms with Crippen molar-refractivity contribution in [2.45, 2.75) is 33.1 Å². The van der Waals surface area contributed by atoms with E-state index in [1.807, 2.05) is 49.4 Å². The number of nitrogens with zero attached hydrogens (tertiary/aromatic N) is 2. The molecule has 0 saturated heterocycles. The number of ether oxygens (including phenoxy) is 1. The number of carbonyl (C=O) groups is 2. The second-order valence-electron chi connectivity index (χ2n) is 8.15. The van der Waals surface area contributed by atoms with Crippen LogP contribution in [0.15, 0.2) is 60.7 Å². The molecule has 3 aromatic carbocycles. The molecule has 162 valence electrons. The SMILES string of the molecule is CCOc1cccc2c1CN(C(=O)c1ccc(O)c(C(=O)N3Cc4ccccc4C3)c1)C2. The third-order valence-electron chi connectivity index (χ3n) is 6.13. The van der Waals surface area contributed by atoms with Crippen molar-refractivity contribution in [1.82, 2.24) is 9.80 Å².